The number of aromatic nitrogens is 4. The fourth-order valence-corrected chi connectivity index (χ4v) is 1.96. The van der Waals surface area contributed by atoms with Crippen LogP contribution in [0.25, 0.3) is 0 Å². The number of hydrazone groups is 1. The number of nitrogens with one attached hydrogen (secondary N) is 1. The van der Waals surface area contributed by atoms with Crippen molar-refractivity contribution in [2.45, 2.75) is 13.5 Å². The summed E-state index contributed by atoms with van der Waals surface area (Å²) in [6.45, 7) is 1.26. The van der Waals surface area contributed by atoms with Gasteiger partial charge in [0.1, 0.15) is 6.54 Å². The lowest BCUT2D eigenvalue weighted by atomic mass is 10.3. The van der Waals surface area contributed by atoms with Gasteiger partial charge in [0.15, 0.2) is 5.02 Å². The molecule has 0 unspecified atom stereocenters. The van der Waals surface area contributed by atoms with Crippen LogP contribution in [0.3, 0.4) is 0 Å². The summed E-state index contributed by atoms with van der Waals surface area (Å²) in [5, 5.41) is 21.4. The molecule has 23 heavy (non-hydrogen) atoms. The number of carbonyl (C=O) groups is 1. The zero-order valence-corrected chi connectivity index (χ0v) is 12.8. The molecule has 10 nitrogen and oxygen atoms in total. The van der Waals surface area contributed by atoms with E-state index in [1.807, 2.05) is 0 Å². The summed E-state index contributed by atoms with van der Waals surface area (Å²) in [4.78, 5) is 21.5. The molecule has 2 heterocycles. The molecule has 1 amide bonds. The third kappa shape index (κ3) is 3.69. The third-order valence-electron chi connectivity index (χ3n) is 2.76. The number of hydrogen-bond donors (Lipinski definition) is 1. The SMILES string of the molecule is Cc1nn(C)c(F)c1/C=N/NC(=O)Cn1cc(Cl)c([N+](=O)[O-])n1. The van der Waals surface area contributed by atoms with Crippen LogP contribution in [0.4, 0.5) is 10.2 Å². The Morgan fingerprint density at radius 1 is 1.61 bits per heavy atom. The van der Waals surface area contributed by atoms with E-state index < -0.39 is 22.6 Å². The third-order valence-corrected chi connectivity index (χ3v) is 3.02. The molecule has 122 valence electrons. The molecule has 0 bridgehead atoms. The van der Waals surface area contributed by atoms with Gasteiger partial charge in [-0.1, -0.05) is 11.6 Å². The molecule has 0 atom stereocenters. The van der Waals surface area contributed by atoms with Gasteiger partial charge in [0, 0.05) is 7.05 Å². The van der Waals surface area contributed by atoms with Crippen molar-refractivity contribution in [3.63, 3.8) is 0 Å². The number of carbonyl (C=O) groups excluding carboxylic acids is 1. The van der Waals surface area contributed by atoms with Crippen molar-refractivity contribution < 1.29 is 14.1 Å². The van der Waals surface area contributed by atoms with E-state index in [1.165, 1.54) is 7.05 Å². The van der Waals surface area contributed by atoms with E-state index in [0.717, 1.165) is 21.8 Å². The molecule has 0 fully saturated rings. The van der Waals surface area contributed by atoms with Crippen LogP contribution in [0.2, 0.25) is 5.02 Å². The lowest BCUT2D eigenvalue weighted by Crippen LogP contribution is -2.23. The smallest absolute Gasteiger partial charge is 0.358 e. The summed E-state index contributed by atoms with van der Waals surface area (Å²) < 4.78 is 15.7. The molecule has 0 aliphatic rings. The molecular weight excluding hydrogens is 333 g/mol. The number of rotatable bonds is 5. The molecule has 2 aromatic rings. The number of nitro groups is 1. The Morgan fingerprint density at radius 3 is 2.83 bits per heavy atom. The Morgan fingerprint density at radius 2 is 2.30 bits per heavy atom. The molecule has 0 saturated heterocycles. The Hall–Kier alpha value is -2.82. The van der Waals surface area contributed by atoms with Crippen LogP contribution in [0.15, 0.2) is 11.3 Å². The minimum absolute atomic E-state index is 0.144. The van der Waals surface area contributed by atoms with E-state index in [4.69, 9.17) is 11.6 Å². The molecule has 0 radical (unpaired) electrons. The molecule has 0 aromatic carbocycles. The normalized spacial score (nSPS) is 11.1. The van der Waals surface area contributed by atoms with E-state index >= 15 is 0 Å². The van der Waals surface area contributed by atoms with Crippen molar-refractivity contribution >= 4 is 29.5 Å². The van der Waals surface area contributed by atoms with Gasteiger partial charge in [0.25, 0.3) is 5.91 Å². The van der Waals surface area contributed by atoms with Crippen LogP contribution in [0.1, 0.15) is 11.3 Å². The zero-order valence-electron chi connectivity index (χ0n) is 12.0. The van der Waals surface area contributed by atoms with Crippen LogP contribution in [-0.2, 0) is 18.4 Å². The van der Waals surface area contributed by atoms with E-state index in [9.17, 15) is 19.3 Å². The van der Waals surface area contributed by atoms with Crippen LogP contribution in [0, 0.1) is 23.0 Å². The molecule has 12 heteroatoms. The monoisotopic (exact) mass is 343 g/mol. The van der Waals surface area contributed by atoms with Gasteiger partial charge in [-0.3, -0.25) is 4.79 Å². The van der Waals surface area contributed by atoms with E-state index in [1.54, 1.807) is 6.92 Å². The summed E-state index contributed by atoms with van der Waals surface area (Å²) in [7, 11) is 1.44. The van der Waals surface area contributed by atoms with Crippen LogP contribution in [0.5, 0.6) is 0 Å². The maximum absolute atomic E-state index is 13.6. The summed E-state index contributed by atoms with van der Waals surface area (Å²) in [5.74, 6) is -1.75. The fourth-order valence-electron chi connectivity index (χ4n) is 1.74. The van der Waals surface area contributed by atoms with Crippen molar-refractivity contribution in [2.75, 3.05) is 0 Å². The van der Waals surface area contributed by atoms with Crippen LogP contribution in [-0.4, -0.2) is 36.6 Å². The van der Waals surface area contributed by atoms with Gasteiger partial charge < -0.3 is 10.1 Å². The first-order valence-electron chi connectivity index (χ1n) is 6.18. The van der Waals surface area contributed by atoms with Crippen molar-refractivity contribution in [2.24, 2.45) is 12.1 Å². The van der Waals surface area contributed by atoms with Crippen molar-refractivity contribution in [1.82, 2.24) is 25.0 Å². The number of aryl methyl sites for hydroxylation is 2. The first-order valence-corrected chi connectivity index (χ1v) is 6.55. The largest absolute Gasteiger partial charge is 0.408 e. The van der Waals surface area contributed by atoms with Gasteiger partial charge in [-0.15, -0.1) is 0 Å². The lowest BCUT2D eigenvalue weighted by molar-refractivity contribution is -0.389. The first-order chi connectivity index (χ1) is 10.8. The second-order valence-electron chi connectivity index (χ2n) is 4.46. The van der Waals surface area contributed by atoms with Crippen LogP contribution >= 0.6 is 11.6 Å². The lowest BCUT2D eigenvalue weighted by Gasteiger charge is -1.97. The first kappa shape index (κ1) is 16.5. The number of hydrogen-bond acceptors (Lipinski definition) is 6. The van der Waals surface area contributed by atoms with E-state index in [2.05, 4.69) is 20.7 Å². The van der Waals surface area contributed by atoms with Crippen molar-refractivity contribution in [3.05, 3.63) is 38.5 Å². The Labute approximate surface area is 133 Å². The number of halogens is 2. The summed E-state index contributed by atoms with van der Waals surface area (Å²) in [6, 6.07) is 0. The zero-order chi connectivity index (χ0) is 17.1. The van der Waals surface area contributed by atoms with Crippen molar-refractivity contribution in [3.8, 4) is 0 Å². The quantitative estimate of drug-likeness (QED) is 0.488. The van der Waals surface area contributed by atoms with Gasteiger partial charge in [-0.2, -0.15) is 19.3 Å². The number of amides is 1. The number of nitrogens with zero attached hydrogens (tertiary/aromatic N) is 6. The van der Waals surface area contributed by atoms with Gasteiger partial charge in [0.2, 0.25) is 5.95 Å². The highest BCUT2D eigenvalue weighted by molar-refractivity contribution is 6.32. The van der Waals surface area contributed by atoms with Gasteiger partial charge in [0.05, 0.1) is 28.8 Å². The highest BCUT2D eigenvalue weighted by Crippen LogP contribution is 2.20. The average molecular weight is 344 g/mol. The summed E-state index contributed by atoms with van der Waals surface area (Å²) in [6.07, 6.45) is 2.27. The molecule has 0 aliphatic heterocycles. The van der Waals surface area contributed by atoms with Crippen LogP contribution < -0.4 is 5.43 Å². The minimum atomic E-state index is -0.761. The minimum Gasteiger partial charge on any atom is -0.358 e. The topological polar surface area (TPSA) is 120 Å². The molecule has 0 aliphatic carbocycles. The molecule has 1 N–H and O–H groups in total. The summed E-state index contributed by atoms with van der Waals surface area (Å²) in [5.41, 5.74) is 2.71. The fraction of sp³-hybridized carbons (Fsp3) is 0.273. The average Bonchev–Trinajstić information content (AvgIpc) is 2.93. The second-order valence-corrected chi connectivity index (χ2v) is 4.87. The standard InChI is InChI=1S/C11H11ClFN7O3/c1-6-7(10(13)18(2)16-6)3-14-15-9(21)5-19-4-8(12)11(17-19)20(22)23/h3-4H,5H2,1-2H3,(H,15,21)/b14-3+. The molecule has 2 aromatic heterocycles. The van der Waals surface area contributed by atoms with E-state index in [0.29, 0.717) is 5.69 Å². The molecule has 0 spiro atoms. The molecule has 2 rings (SSSR count). The van der Waals surface area contributed by atoms with Gasteiger partial charge >= 0.3 is 5.82 Å². The highest BCUT2D eigenvalue weighted by Gasteiger charge is 2.20. The van der Waals surface area contributed by atoms with E-state index in [-0.39, 0.29) is 17.1 Å². The Bertz CT molecular complexity index is 798. The van der Waals surface area contributed by atoms with Gasteiger partial charge in [-0.25, -0.2) is 10.1 Å². The maximum Gasteiger partial charge on any atom is 0.408 e. The molecule has 0 saturated carbocycles. The summed E-state index contributed by atoms with van der Waals surface area (Å²) >= 11 is 5.61. The highest BCUT2D eigenvalue weighted by atomic mass is 35.5. The second kappa shape index (κ2) is 6.52. The Kier molecular flexibility index (Phi) is 4.69. The van der Waals surface area contributed by atoms with Gasteiger partial charge in [-0.05, 0) is 11.8 Å². The maximum atomic E-state index is 13.6. The van der Waals surface area contributed by atoms with Crippen molar-refractivity contribution in [1.29, 1.82) is 0 Å². The predicted molar refractivity (Wildman–Crippen MR) is 77.5 cm³/mol. The predicted octanol–water partition coefficient (Wildman–Crippen LogP) is 0.776. The Balaban J connectivity index is 1.99. The molecular formula is C11H11ClFN7O3.